The maximum Gasteiger partial charge on any atom is 0.0721 e. The SMILES string of the molecule is c1ccc(-c2cccc(-c3ccc(-c4ccccc4-c4cc(-c5ccccc5)cc(-c5ccccc5-c5ccc(-c6cccc(-c7ccccc7)c6)cc5)n4)cc3)c2)cc1. The molecule has 9 aromatic carbocycles. The molecule has 0 aliphatic heterocycles. The van der Waals surface area contributed by atoms with Crippen LogP contribution in [0.15, 0.2) is 249 Å². The zero-order chi connectivity index (χ0) is 40.1. The van der Waals surface area contributed by atoms with Gasteiger partial charge in [0, 0.05) is 11.1 Å². The van der Waals surface area contributed by atoms with Crippen molar-refractivity contribution >= 4 is 0 Å². The number of nitrogens with zero attached hydrogens (tertiary/aromatic N) is 1. The number of rotatable bonds is 9. The van der Waals surface area contributed by atoms with E-state index in [9.17, 15) is 0 Å². The van der Waals surface area contributed by atoms with E-state index >= 15 is 0 Å². The second-order valence-electron chi connectivity index (χ2n) is 15.1. The molecule has 0 spiro atoms. The zero-order valence-corrected chi connectivity index (χ0v) is 33.1. The predicted molar refractivity (Wildman–Crippen MR) is 253 cm³/mol. The van der Waals surface area contributed by atoms with Gasteiger partial charge in [0.15, 0.2) is 0 Å². The van der Waals surface area contributed by atoms with Gasteiger partial charge < -0.3 is 0 Å². The average molecular weight is 764 g/mol. The minimum atomic E-state index is 0.935. The summed E-state index contributed by atoms with van der Waals surface area (Å²) in [4.78, 5) is 5.48. The summed E-state index contributed by atoms with van der Waals surface area (Å²) in [6, 6.07) is 89.0. The first-order chi connectivity index (χ1) is 29.7. The monoisotopic (exact) mass is 763 g/mol. The van der Waals surface area contributed by atoms with Gasteiger partial charge in [-0.3, -0.25) is 0 Å². The van der Waals surface area contributed by atoms with E-state index in [1.54, 1.807) is 0 Å². The first kappa shape index (κ1) is 36.5. The number of aromatic nitrogens is 1. The summed E-state index contributed by atoms with van der Waals surface area (Å²) < 4.78 is 0. The van der Waals surface area contributed by atoms with Crippen molar-refractivity contribution in [1.29, 1.82) is 0 Å². The third-order valence-electron chi connectivity index (χ3n) is 11.3. The number of benzene rings is 9. The van der Waals surface area contributed by atoms with Gasteiger partial charge in [0.05, 0.1) is 11.4 Å². The first-order valence-electron chi connectivity index (χ1n) is 20.5. The summed E-state index contributed by atoms with van der Waals surface area (Å²) in [5.41, 5.74) is 20.6. The Morgan fingerprint density at radius 1 is 0.167 bits per heavy atom. The van der Waals surface area contributed by atoms with Gasteiger partial charge in [0.25, 0.3) is 0 Å². The number of hydrogen-bond acceptors (Lipinski definition) is 1. The smallest absolute Gasteiger partial charge is 0.0721 e. The lowest BCUT2D eigenvalue weighted by atomic mass is 9.91. The van der Waals surface area contributed by atoms with Crippen molar-refractivity contribution in [3.05, 3.63) is 249 Å². The summed E-state index contributed by atoms with van der Waals surface area (Å²) in [5.74, 6) is 0. The maximum atomic E-state index is 5.48. The van der Waals surface area contributed by atoms with Crippen LogP contribution < -0.4 is 0 Å². The van der Waals surface area contributed by atoms with Crippen LogP contribution in [-0.4, -0.2) is 4.98 Å². The van der Waals surface area contributed by atoms with E-state index in [1.807, 2.05) is 0 Å². The van der Waals surface area contributed by atoms with E-state index in [0.29, 0.717) is 0 Å². The molecule has 1 nitrogen and oxygen atoms in total. The van der Waals surface area contributed by atoms with E-state index in [2.05, 4.69) is 249 Å². The van der Waals surface area contributed by atoms with Crippen LogP contribution in [0.1, 0.15) is 0 Å². The van der Waals surface area contributed by atoms with Crippen LogP contribution >= 0.6 is 0 Å². The minimum Gasteiger partial charge on any atom is -0.248 e. The second kappa shape index (κ2) is 16.5. The summed E-state index contributed by atoms with van der Waals surface area (Å²) >= 11 is 0. The third kappa shape index (κ3) is 7.61. The van der Waals surface area contributed by atoms with E-state index in [1.165, 1.54) is 44.5 Å². The molecule has 60 heavy (non-hydrogen) atoms. The molecular formula is C59H41N. The van der Waals surface area contributed by atoms with Crippen molar-refractivity contribution in [2.75, 3.05) is 0 Å². The lowest BCUT2D eigenvalue weighted by molar-refractivity contribution is 1.32. The number of pyridine rings is 1. The summed E-state index contributed by atoms with van der Waals surface area (Å²) in [5, 5.41) is 0. The normalized spacial score (nSPS) is 11.0. The van der Waals surface area contributed by atoms with Gasteiger partial charge in [-0.05, 0) is 102 Å². The van der Waals surface area contributed by atoms with Gasteiger partial charge in [-0.15, -0.1) is 0 Å². The molecule has 0 aliphatic carbocycles. The van der Waals surface area contributed by atoms with Crippen LogP contribution in [0.4, 0.5) is 0 Å². The molecule has 0 atom stereocenters. The van der Waals surface area contributed by atoms with Crippen molar-refractivity contribution in [2.45, 2.75) is 0 Å². The topological polar surface area (TPSA) is 12.9 Å². The molecule has 0 bridgehead atoms. The van der Waals surface area contributed by atoms with Gasteiger partial charge in [-0.2, -0.15) is 0 Å². The average Bonchev–Trinajstić information content (AvgIpc) is 3.35. The van der Waals surface area contributed by atoms with E-state index in [-0.39, 0.29) is 0 Å². The molecule has 10 rings (SSSR count). The fourth-order valence-electron chi connectivity index (χ4n) is 8.22. The Labute approximate surface area is 352 Å². The van der Waals surface area contributed by atoms with Crippen LogP contribution in [0.2, 0.25) is 0 Å². The highest BCUT2D eigenvalue weighted by Crippen LogP contribution is 2.39. The van der Waals surface area contributed by atoms with Gasteiger partial charge in [0.2, 0.25) is 0 Å². The Bertz CT molecular complexity index is 2850. The van der Waals surface area contributed by atoms with Crippen molar-refractivity contribution in [3.8, 4) is 100 Å². The highest BCUT2D eigenvalue weighted by molar-refractivity contribution is 5.89. The molecule has 0 fully saturated rings. The van der Waals surface area contributed by atoms with Crippen LogP contribution in [0.3, 0.4) is 0 Å². The fourth-order valence-corrected chi connectivity index (χ4v) is 8.22. The Balaban J connectivity index is 1.02. The lowest BCUT2D eigenvalue weighted by Crippen LogP contribution is -1.95. The fraction of sp³-hybridized carbons (Fsp3) is 0. The van der Waals surface area contributed by atoms with Crippen molar-refractivity contribution < 1.29 is 0 Å². The summed E-state index contributed by atoms with van der Waals surface area (Å²) in [6.07, 6.45) is 0. The Kier molecular flexibility index (Phi) is 10.1. The van der Waals surface area contributed by atoms with E-state index in [0.717, 1.165) is 55.9 Å². The molecule has 0 saturated carbocycles. The zero-order valence-electron chi connectivity index (χ0n) is 33.1. The molecule has 1 heteroatoms. The Morgan fingerprint density at radius 3 is 0.800 bits per heavy atom. The van der Waals surface area contributed by atoms with Gasteiger partial charge in [0.1, 0.15) is 0 Å². The van der Waals surface area contributed by atoms with Crippen molar-refractivity contribution in [1.82, 2.24) is 4.98 Å². The largest absolute Gasteiger partial charge is 0.248 e. The lowest BCUT2D eigenvalue weighted by Gasteiger charge is -2.16. The second-order valence-corrected chi connectivity index (χ2v) is 15.1. The Hall–Kier alpha value is -7.87. The molecule has 0 aliphatic rings. The number of hydrogen-bond donors (Lipinski definition) is 0. The first-order valence-corrected chi connectivity index (χ1v) is 20.5. The molecular weight excluding hydrogens is 723 g/mol. The van der Waals surface area contributed by atoms with Crippen molar-refractivity contribution in [3.63, 3.8) is 0 Å². The molecule has 0 unspecified atom stereocenters. The minimum absolute atomic E-state index is 0.935. The van der Waals surface area contributed by atoms with Crippen LogP contribution in [0.5, 0.6) is 0 Å². The summed E-state index contributed by atoms with van der Waals surface area (Å²) in [6.45, 7) is 0. The molecule has 0 saturated heterocycles. The molecule has 0 amide bonds. The van der Waals surface area contributed by atoms with E-state index in [4.69, 9.17) is 4.98 Å². The summed E-state index contributed by atoms with van der Waals surface area (Å²) in [7, 11) is 0. The van der Waals surface area contributed by atoms with Crippen LogP contribution in [0, 0.1) is 0 Å². The highest BCUT2D eigenvalue weighted by atomic mass is 14.7. The maximum absolute atomic E-state index is 5.48. The van der Waals surface area contributed by atoms with Gasteiger partial charge in [-0.25, -0.2) is 4.98 Å². The van der Waals surface area contributed by atoms with Gasteiger partial charge >= 0.3 is 0 Å². The third-order valence-corrected chi connectivity index (χ3v) is 11.3. The standard InChI is InChI=1S/C59H41N/c1-4-16-42(17-5-1)49-22-14-24-51(38-49)45-30-34-47(35-31-45)54-26-10-12-28-56(54)58-40-53(44-20-8-3-9-21-44)41-59(60-58)57-29-13-11-27-55(57)48-36-32-46(33-37-48)52-25-15-23-50(39-52)43-18-6-2-7-19-43/h1-41H. The van der Waals surface area contributed by atoms with Gasteiger partial charge in [-0.1, -0.05) is 224 Å². The quantitative estimate of drug-likeness (QED) is 0.143. The molecule has 1 heterocycles. The molecule has 0 N–H and O–H groups in total. The highest BCUT2D eigenvalue weighted by Gasteiger charge is 2.16. The molecule has 10 aromatic rings. The van der Waals surface area contributed by atoms with E-state index < -0.39 is 0 Å². The van der Waals surface area contributed by atoms with Crippen LogP contribution in [0.25, 0.3) is 100 Å². The van der Waals surface area contributed by atoms with Crippen molar-refractivity contribution in [2.24, 2.45) is 0 Å². The van der Waals surface area contributed by atoms with Crippen LogP contribution in [-0.2, 0) is 0 Å². The Morgan fingerprint density at radius 2 is 0.433 bits per heavy atom. The molecule has 282 valence electrons. The molecule has 0 radical (unpaired) electrons. The predicted octanol–water partition coefficient (Wildman–Crippen LogP) is 16.1. The molecule has 1 aromatic heterocycles.